The van der Waals surface area contributed by atoms with Crippen molar-refractivity contribution < 1.29 is 5.11 Å². The molecule has 0 radical (unpaired) electrons. The lowest BCUT2D eigenvalue weighted by molar-refractivity contribution is 0.0692. The summed E-state index contributed by atoms with van der Waals surface area (Å²) >= 11 is 0. The quantitative estimate of drug-likeness (QED) is 0.940. The van der Waals surface area contributed by atoms with Crippen molar-refractivity contribution in [2.45, 2.75) is 45.9 Å². The van der Waals surface area contributed by atoms with Crippen LogP contribution in [0.1, 0.15) is 32.4 Å². The number of benzene rings is 1. The largest absolute Gasteiger partial charge is 0.393 e. The Hall–Kier alpha value is -1.39. The van der Waals surface area contributed by atoms with Crippen LogP contribution in [0.15, 0.2) is 24.3 Å². The number of rotatable bonds is 4. The first kappa shape index (κ1) is 14.5. The number of hydrogen-bond donors (Lipinski definition) is 1. The average molecular weight is 287 g/mol. The summed E-state index contributed by atoms with van der Waals surface area (Å²) in [6.07, 6.45) is 2.00. The molecule has 0 bridgehead atoms. The van der Waals surface area contributed by atoms with Gasteiger partial charge in [-0.1, -0.05) is 18.2 Å². The fraction of sp³-hybridized carbons (Fsp3) is 0.588. The van der Waals surface area contributed by atoms with E-state index in [0.717, 1.165) is 39.0 Å². The number of hydrogen-bond acceptors (Lipinski definition) is 3. The molecule has 1 aliphatic heterocycles. The van der Waals surface area contributed by atoms with Crippen LogP contribution in [0.25, 0.3) is 10.9 Å². The molecule has 3 rings (SSSR count). The summed E-state index contributed by atoms with van der Waals surface area (Å²) in [5, 5.41) is 15.8. The van der Waals surface area contributed by atoms with E-state index in [2.05, 4.69) is 40.8 Å². The zero-order chi connectivity index (χ0) is 14.8. The van der Waals surface area contributed by atoms with Crippen LogP contribution in [0.5, 0.6) is 0 Å². The van der Waals surface area contributed by atoms with Crippen LogP contribution in [0.3, 0.4) is 0 Å². The third-order valence-electron chi connectivity index (χ3n) is 4.72. The number of aliphatic hydroxyl groups is 1. The molecule has 114 valence electrons. The highest BCUT2D eigenvalue weighted by molar-refractivity contribution is 5.81. The standard InChI is InChI=1S/C17H25N3O/c1-3-20-17-7-5-4-6-15(17)16(18-20)12-19-10-8-14(9-11-19)13(2)21/h4-7,13-14,21H,3,8-12H2,1-2H3. The van der Waals surface area contributed by atoms with Gasteiger partial charge in [-0.05, 0) is 51.8 Å². The van der Waals surface area contributed by atoms with Crippen LogP contribution in [0.4, 0.5) is 0 Å². The van der Waals surface area contributed by atoms with E-state index in [4.69, 9.17) is 5.10 Å². The summed E-state index contributed by atoms with van der Waals surface area (Å²) in [6.45, 7) is 7.99. The van der Waals surface area contributed by atoms with Crippen LogP contribution in [-0.2, 0) is 13.1 Å². The Morgan fingerprint density at radius 2 is 2.00 bits per heavy atom. The van der Waals surface area contributed by atoms with Crippen LogP contribution in [0, 0.1) is 5.92 Å². The monoisotopic (exact) mass is 287 g/mol. The molecule has 0 aliphatic carbocycles. The van der Waals surface area contributed by atoms with Crippen molar-refractivity contribution in [1.29, 1.82) is 0 Å². The van der Waals surface area contributed by atoms with Gasteiger partial charge < -0.3 is 5.11 Å². The summed E-state index contributed by atoms with van der Waals surface area (Å²) in [4.78, 5) is 2.47. The minimum absolute atomic E-state index is 0.174. The van der Waals surface area contributed by atoms with Gasteiger partial charge in [0.05, 0.1) is 17.3 Å². The molecule has 21 heavy (non-hydrogen) atoms. The topological polar surface area (TPSA) is 41.3 Å². The van der Waals surface area contributed by atoms with Crippen molar-refractivity contribution in [1.82, 2.24) is 14.7 Å². The lowest BCUT2D eigenvalue weighted by atomic mass is 9.92. The third-order valence-corrected chi connectivity index (χ3v) is 4.72. The maximum absolute atomic E-state index is 9.70. The van der Waals surface area contributed by atoms with Gasteiger partial charge in [0.2, 0.25) is 0 Å². The first-order valence-corrected chi connectivity index (χ1v) is 8.04. The van der Waals surface area contributed by atoms with E-state index >= 15 is 0 Å². The average Bonchev–Trinajstić information content (AvgIpc) is 2.86. The Morgan fingerprint density at radius 3 is 2.67 bits per heavy atom. The molecule has 1 atom stereocenters. The maximum atomic E-state index is 9.70. The number of aryl methyl sites for hydroxylation is 1. The van der Waals surface area contributed by atoms with E-state index < -0.39 is 0 Å². The smallest absolute Gasteiger partial charge is 0.0843 e. The molecule has 4 heteroatoms. The number of fused-ring (bicyclic) bond motifs is 1. The molecule has 1 aromatic heterocycles. The zero-order valence-corrected chi connectivity index (χ0v) is 13.0. The van der Waals surface area contributed by atoms with E-state index in [1.807, 2.05) is 6.92 Å². The van der Waals surface area contributed by atoms with Crippen LogP contribution in [0.2, 0.25) is 0 Å². The Morgan fingerprint density at radius 1 is 1.29 bits per heavy atom. The molecule has 1 aliphatic rings. The van der Waals surface area contributed by atoms with Crippen molar-refractivity contribution >= 4 is 10.9 Å². The molecule has 2 aromatic rings. The van der Waals surface area contributed by atoms with E-state index in [9.17, 15) is 5.11 Å². The minimum Gasteiger partial charge on any atom is -0.393 e. The van der Waals surface area contributed by atoms with Gasteiger partial charge in [0.15, 0.2) is 0 Å². The molecule has 0 saturated carbocycles. The maximum Gasteiger partial charge on any atom is 0.0843 e. The van der Waals surface area contributed by atoms with Gasteiger partial charge in [-0.3, -0.25) is 9.58 Å². The molecular formula is C17H25N3O. The van der Waals surface area contributed by atoms with E-state index in [0.29, 0.717) is 5.92 Å². The molecular weight excluding hydrogens is 262 g/mol. The highest BCUT2D eigenvalue weighted by atomic mass is 16.3. The summed E-state index contributed by atoms with van der Waals surface area (Å²) in [5.41, 5.74) is 2.41. The Balaban J connectivity index is 1.74. The first-order valence-electron chi connectivity index (χ1n) is 8.04. The number of para-hydroxylation sites is 1. The highest BCUT2D eigenvalue weighted by Crippen LogP contribution is 2.24. The predicted octanol–water partition coefficient (Wildman–Crippen LogP) is 2.65. The molecule has 1 unspecified atom stereocenters. The second kappa shape index (κ2) is 6.16. The number of aliphatic hydroxyl groups excluding tert-OH is 1. The molecule has 2 heterocycles. The summed E-state index contributed by atoms with van der Waals surface area (Å²) in [5.74, 6) is 0.464. The number of piperidine rings is 1. The molecule has 0 spiro atoms. The second-order valence-corrected chi connectivity index (χ2v) is 6.13. The van der Waals surface area contributed by atoms with Crippen molar-refractivity contribution in [2.24, 2.45) is 5.92 Å². The van der Waals surface area contributed by atoms with E-state index in [1.165, 1.54) is 16.6 Å². The predicted molar refractivity (Wildman–Crippen MR) is 85.1 cm³/mol. The molecule has 1 saturated heterocycles. The lowest BCUT2D eigenvalue weighted by Crippen LogP contribution is -2.36. The van der Waals surface area contributed by atoms with Crippen LogP contribution < -0.4 is 0 Å². The van der Waals surface area contributed by atoms with Crippen molar-refractivity contribution in [2.75, 3.05) is 13.1 Å². The van der Waals surface area contributed by atoms with Crippen molar-refractivity contribution in [3.8, 4) is 0 Å². The lowest BCUT2D eigenvalue weighted by Gasteiger charge is -2.32. The molecule has 1 N–H and O–H groups in total. The number of nitrogens with zero attached hydrogens (tertiary/aromatic N) is 3. The van der Waals surface area contributed by atoms with Gasteiger partial charge in [0.1, 0.15) is 0 Å². The molecule has 1 fully saturated rings. The fourth-order valence-corrected chi connectivity index (χ4v) is 3.36. The summed E-state index contributed by atoms with van der Waals surface area (Å²) in [6, 6.07) is 8.49. The highest BCUT2D eigenvalue weighted by Gasteiger charge is 2.23. The van der Waals surface area contributed by atoms with Gasteiger partial charge in [-0.25, -0.2) is 0 Å². The first-order chi connectivity index (χ1) is 10.2. The Bertz CT molecular complexity index is 597. The fourth-order valence-electron chi connectivity index (χ4n) is 3.36. The molecule has 0 amide bonds. The van der Waals surface area contributed by atoms with Crippen molar-refractivity contribution in [3.05, 3.63) is 30.0 Å². The Kier molecular flexibility index (Phi) is 4.27. The Labute approximate surface area is 126 Å². The van der Waals surface area contributed by atoms with Gasteiger partial charge in [-0.15, -0.1) is 0 Å². The SMILES string of the molecule is CCn1nc(CN2CCC(C(C)O)CC2)c2ccccc21. The minimum atomic E-state index is -0.174. The van der Waals surface area contributed by atoms with Gasteiger partial charge >= 0.3 is 0 Å². The number of likely N-dealkylation sites (tertiary alicyclic amines) is 1. The van der Waals surface area contributed by atoms with Gasteiger partial charge in [0.25, 0.3) is 0 Å². The van der Waals surface area contributed by atoms with Gasteiger partial charge in [-0.2, -0.15) is 5.10 Å². The molecule has 4 nitrogen and oxygen atoms in total. The summed E-state index contributed by atoms with van der Waals surface area (Å²) in [7, 11) is 0. The normalized spacial score (nSPS) is 19.2. The van der Waals surface area contributed by atoms with Gasteiger partial charge in [0, 0.05) is 18.5 Å². The molecule has 1 aromatic carbocycles. The van der Waals surface area contributed by atoms with E-state index in [1.54, 1.807) is 0 Å². The second-order valence-electron chi connectivity index (χ2n) is 6.13. The van der Waals surface area contributed by atoms with Crippen LogP contribution in [-0.4, -0.2) is 39.0 Å². The third kappa shape index (κ3) is 2.97. The van der Waals surface area contributed by atoms with Crippen LogP contribution >= 0.6 is 0 Å². The van der Waals surface area contributed by atoms with E-state index in [-0.39, 0.29) is 6.10 Å². The summed E-state index contributed by atoms with van der Waals surface area (Å²) < 4.78 is 2.09. The van der Waals surface area contributed by atoms with Crippen molar-refractivity contribution in [3.63, 3.8) is 0 Å². The number of aromatic nitrogens is 2. The zero-order valence-electron chi connectivity index (χ0n) is 13.0.